The Morgan fingerprint density at radius 2 is 0.222 bits per heavy atom. The van der Waals surface area contributed by atoms with E-state index in [1.807, 2.05) is 0 Å². The molecule has 0 unspecified atom stereocenters. The molecule has 72 valence electrons. The van der Waals surface area contributed by atoms with Crippen molar-refractivity contribution in [3.63, 3.8) is 0 Å². The van der Waals surface area contributed by atoms with Gasteiger partial charge in [0.1, 0.15) is 0 Å². The van der Waals surface area contributed by atoms with Crippen LogP contribution in [0.5, 0.6) is 0 Å². The summed E-state index contributed by atoms with van der Waals surface area (Å²) in [5.74, 6) is 0. The summed E-state index contributed by atoms with van der Waals surface area (Å²) in [6, 6.07) is 0. The van der Waals surface area contributed by atoms with E-state index in [0.29, 0.717) is 0 Å². The van der Waals surface area contributed by atoms with Crippen LogP contribution in [0.15, 0.2) is 0 Å². The van der Waals surface area contributed by atoms with E-state index >= 15 is 0 Å². The van der Waals surface area contributed by atoms with Gasteiger partial charge in [0.25, 0.3) is 0 Å². The third-order valence-corrected chi connectivity index (χ3v) is 0. The first-order valence-corrected chi connectivity index (χ1v) is 0. The minimum Gasteiger partial charge on any atom is -0.412 e. The van der Waals surface area contributed by atoms with Crippen LogP contribution in [0.4, 0.5) is 0 Å². The van der Waals surface area contributed by atoms with Crippen LogP contribution in [0.25, 0.3) is 0 Å². The summed E-state index contributed by atoms with van der Waals surface area (Å²) >= 11 is 0. The van der Waals surface area contributed by atoms with E-state index in [4.69, 9.17) is 0 Å². The monoisotopic (exact) mass is 270 g/mol. The van der Waals surface area contributed by atoms with Crippen molar-refractivity contribution < 1.29 is 16.4 Å². The van der Waals surface area contributed by atoms with Crippen molar-refractivity contribution in [2.24, 2.45) is 0 Å². The molecule has 0 rings (SSSR count). The van der Waals surface area contributed by atoms with Crippen molar-refractivity contribution in [3.05, 3.63) is 0 Å². The van der Waals surface area contributed by atoms with E-state index in [2.05, 4.69) is 0 Å². The first-order valence-electron chi connectivity index (χ1n) is 0. The third kappa shape index (κ3) is 213. The van der Waals surface area contributed by atoms with Crippen molar-refractivity contribution in [1.29, 1.82) is 0 Å². The Morgan fingerprint density at radius 1 is 0.222 bits per heavy atom. The Morgan fingerprint density at radius 3 is 0.222 bits per heavy atom. The van der Waals surface area contributed by atoms with Crippen LogP contribution in [0.3, 0.4) is 0 Å². The van der Waals surface area contributed by atoms with Crippen molar-refractivity contribution >= 4 is 74.4 Å². The largest absolute Gasteiger partial charge is 0.412 e. The molecule has 0 aliphatic carbocycles. The molecule has 6 N–H and O–H groups in total. The third-order valence-electron chi connectivity index (χ3n) is 0. The highest BCUT2D eigenvalue weighted by Gasteiger charge is -0.142. The van der Waals surface area contributed by atoms with Gasteiger partial charge in [-0.25, -0.2) is 0 Å². The molecule has 0 heterocycles. The first-order chi connectivity index (χ1) is 0. The maximum atomic E-state index is 0. The quantitative estimate of drug-likeness (QED) is 0.596. The molecule has 0 aliphatic rings. The van der Waals surface area contributed by atoms with Gasteiger partial charge in [0.2, 0.25) is 0 Å². The van der Waals surface area contributed by atoms with Gasteiger partial charge in [0.15, 0.2) is 0 Å². The lowest BCUT2D eigenvalue weighted by Crippen LogP contribution is -0.290. The fourth-order valence-corrected chi connectivity index (χ4v) is 0. The Balaban J connectivity index is 0. The normalized spacial score (nSPS) is 0. The molecule has 0 radical (unpaired) electrons. The van der Waals surface area contributed by atoms with Crippen LogP contribution in [-0.2, 0) is 0 Å². The van der Waals surface area contributed by atoms with Gasteiger partial charge in [-0.15, -0.1) is 74.4 Å². The van der Waals surface area contributed by atoms with E-state index in [0.717, 1.165) is 0 Å². The lowest BCUT2D eigenvalue weighted by Gasteiger charge is -0.413. The number of hydrogen-bond acceptors (Lipinski definition) is 0. The summed E-state index contributed by atoms with van der Waals surface area (Å²) < 4.78 is 0. The summed E-state index contributed by atoms with van der Waals surface area (Å²) in [4.78, 5) is 0. The van der Waals surface area contributed by atoms with E-state index in [-0.39, 0.29) is 90.9 Å². The summed E-state index contributed by atoms with van der Waals surface area (Å²) in [7, 11) is 0. The van der Waals surface area contributed by atoms with E-state index in [1.165, 1.54) is 0 Å². The minimum absolute atomic E-state index is 0. The lowest BCUT2D eigenvalue weighted by molar-refractivity contribution is 0.823. The van der Waals surface area contributed by atoms with Gasteiger partial charge < -0.3 is 16.4 Å². The summed E-state index contributed by atoms with van der Waals surface area (Å²) in [6.45, 7) is 0. The van der Waals surface area contributed by atoms with Crippen LogP contribution in [0.2, 0.25) is 0 Å². The van der Waals surface area contributed by atoms with Gasteiger partial charge in [0.05, 0.1) is 0 Å². The summed E-state index contributed by atoms with van der Waals surface area (Å²) in [5, 5.41) is 0. The van der Waals surface area contributed by atoms with Gasteiger partial charge in [0, 0.05) is 0 Å². The van der Waals surface area contributed by atoms with E-state index in [1.54, 1.807) is 0 Å². The maximum Gasteiger partial charge on any atom is -0.147 e. The molecular formula is H12Cl6O3. The second-order valence-electron chi connectivity index (χ2n) is 0. The first kappa shape index (κ1) is 374. The van der Waals surface area contributed by atoms with Crippen molar-refractivity contribution in [2.75, 3.05) is 0 Å². The number of rotatable bonds is 0. The summed E-state index contributed by atoms with van der Waals surface area (Å²) in [6.07, 6.45) is 0. The zero-order chi connectivity index (χ0) is 0. The van der Waals surface area contributed by atoms with Crippen molar-refractivity contribution in [2.45, 2.75) is 0 Å². The Hall–Kier alpha value is 1.62. The smallest absolute Gasteiger partial charge is 0.147 e. The van der Waals surface area contributed by atoms with Crippen LogP contribution in [0.1, 0.15) is 0 Å². The van der Waals surface area contributed by atoms with E-state index in [9.17, 15) is 0 Å². The molecule has 0 aliphatic heterocycles. The zero-order valence-electron chi connectivity index (χ0n) is 3.95. The molecule has 0 aromatic heterocycles. The molecule has 0 saturated heterocycles. The molecule has 0 amide bonds. The second-order valence-corrected chi connectivity index (χ2v) is 0. The van der Waals surface area contributed by atoms with Gasteiger partial charge in [-0.3, -0.25) is 0 Å². The molecule has 0 aromatic rings. The maximum absolute atomic E-state index is 0. The Labute approximate surface area is 90.7 Å². The van der Waals surface area contributed by atoms with Crippen LogP contribution < -0.4 is 0 Å². The lowest BCUT2D eigenvalue weighted by atomic mass is 16.0. The zero-order valence-corrected chi connectivity index (χ0v) is 8.85. The average molecular weight is 273 g/mol. The Kier molecular flexibility index (Phi) is 11300. The standard InChI is InChI=1S/6ClH.3H2O/h6*1H;3*1H2. The fraction of sp³-hybridized carbons (Fsp3) is 0. The molecule has 0 atom stereocenters. The number of hydrogen-bond donors (Lipinski definition) is 0. The molecule has 0 aromatic carbocycles. The Bertz CT molecular complexity index is 8.26. The highest BCUT2D eigenvalue weighted by Crippen LogP contribution is 0.695. The van der Waals surface area contributed by atoms with E-state index < -0.39 is 0 Å². The highest BCUT2D eigenvalue weighted by atomic mass is 35.5. The molecular weight excluding hydrogens is 261 g/mol. The molecule has 0 fully saturated rings. The van der Waals surface area contributed by atoms with Crippen molar-refractivity contribution in [3.8, 4) is 0 Å². The predicted molar refractivity (Wildman–Crippen MR) is 54.3 cm³/mol. The van der Waals surface area contributed by atoms with Gasteiger partial charge >= 0.3 is 0 Å². The molecule has 0 saturated carbocycles. The van der Waals surface area contributed by atoms with Gasteiger partial charge in [-0.2, -0.15) is 0 Å². The van der Waals surface area contributed by atoms with Crippen LogP contribution in [-0.4, -0.2) is 16.4 Å². The molecule has 0 spiro atoms. The average Bonchev–Trinajstić information content (AvgIpc) is 0. The highest BCUT2D eigenvalue weighted by molar-refractivity contribution is 5.86. The van der Waals surface area contributed by atoms with Crippen LogP contribution >= 0.6 is 74.4 Å². The second kappa shape index (κ2) is 272. The molecule has 0 bridgehead atoms. The van der Waals surface area contributed by atoms with Gasteiger partial charge in [-0.1, -0.05) is 0 Å². The summed E-state index contributed by atoms with van der Waals surface area (Å²) in [5.41, 5.74) is 0. The predicted octanol–water partition coefficient (Wildman–Crippen LogP) is 0.0567. The van der Waals surface area contributed by atoms with Crippen molar-refractivity contribution in [1.82, 2.24) is 0 Å². The molecule has 3 nitrogen and oxygen atoms in total. The topological polar surface area (TPSA) is 94.5 Å². The SMILES string of the molecule is Cl.Cl.Cl.Cl.Cl.Cl.O.O.O. The molecule has 9 heteroatoms. The number of halogens is 6. The van der Waals surface area contributed by atoms with Crippen LogP contribution in [0, 0.1) is 0 Å². The molecule has 9 heavy (non-hydrogen) atoms. The van der Waals surface area contributed by atoms with Gasteiger partial charge in [-0.05, 0) is 0 Å². The fourth-order valence-electron chi connectivity index (χ4n) is 0. The minimum atomic E-state index is 0.